The van der Waals surface area contributed by atoms with Crippen molar-refractivity contribution in [2.24, 2.45) is 0 Å². The molecule has 3 aromatic heterocycles. The average Bonchev–Trinajstić information content (AvgIpc) is 3.41. The van der Waals surface area contributed by atoms with Gasteiger partial charge < -0.3 is 9.84 Å². The normalized spacial score (nSPS) is 11.3. The summed E-state index contributed by atoms with van der Waals surface area (Å²) in [7, 11) is 0. The van der Waals surface area contributed by atoms with Gasteiger partial charge in [-0.05, 0) is 29.8 Å². The number of carbonyl (C=O) groups excluding carboxylic acids is 1. The van der Waals surface area contributed by atoms with E-state index in [1.54, 1.807) is 22.9 Å². The first kappa shape index (κ1) is 20.6. The lowest BCUT2D eigenvalue weighted by atomic mass is 10.1. The summed E-state index contributed by atoms with van der Waals surface area (Å²) >= 11 is 0. The van der Waals surface area contributed by atoms with Crippen molar-refractivity contribution in [2.45, 2.75) is 19.5 Å². The van der Waals surface area contributed by atoms with Crippen LogP contribution in [0.4, 0.5) is 4.39 Å². The molecule has 1 N–H and O–H groups in total. The van der Waals surface area contributed by atoms with Crippen molar-refractivity contribution in [1.82, 2.24) is 29.8 Å². The number of halogens is 1. The van der Waals surface area contributed by atoms with Gasteiger partial charge in [-0.1, -0.05) is 29.4 Å². The summed E-state index contributed by atoms with van der Waals surface area (Å²) in [5.41, 5.74) is 2.03. The topological polar surface area (TPSA) is 108 Å². The highest BCUT2D eigenvalue weighted by Crippen LogP contribution is 2.18. The Bertz CT molecular complexity index is 1520. The van der Waals surface area contributed by atoms with Gasteiger partial charge in [-0.15, -0.1) is 0 Å². The van der Waals surface area contributed by atoms with Crippen LogP contribution in [0, 0.1) is 5.82 Å². The van der Waals surface area contributed by atoms with Crippen molar-refractivity contribution >= 4 is 27.9 Å². The Morgan fingerprint density at radius 3 is 2.88 bits per heavy atom. The minimum absolute atomic E-state index is 0.0971. The highest BCUT2D eigenvalue weighted by Gasteiger charge is 2.13. The molecule has 0 saturated heterocycles. The average molecular weight is 446 g/mol. The summed E-state index contributed by atoms with van der Waals surface area (Å²) in [6.45, 7) is 0.853. The molecule has 0 unspecified atom stereocenters. The van der Waals surface area contributed by atoms with Crippen molar-refractivity contribution in [3.8, 4) is 0 Å². The maximum Gasteiger partial charge on any atom is 0.264 e. The second-order valence-electron chi connectivity index (χ2n) is 7.56. The predicted octanol–water partition coefficient (Wildman–Crippen LogP) is 2.28. The Morgan fingerprint density at radius 2 is 2.00 bits per heavy atom. The molecule has 0 radical (unpaired) electrons. The Kier molecular flexibility index (Phi) is 5.39. The van der Waals surface area contributed by atoms with Gasteiger partial charge in [-0.3, -0.25) is 14.2 Å². The maximum absolute atomic E-state index is 13.4. The van der Waals surface area contributed by atoms with E-state index in [-0.39, 0.29) is 30.2 Å². The molecule has 0 atom stereocenters. The number of hydrogen-bond donors (Lipinski definition) is 1. The van der Waals surface area contributed by atoms with Crippen LogP contribution in [-0.2, 0) is 24.3 Å². The molecule has 2 aromatic carbocycles. The van der Waals surface area contributed by atoms with Gasteiger partial charge in [-0.25, -0.2) is 14.1 Å². The lowest BCUT2D eigenvalue weighted by molar-refractivity contribution is -0.120. The van der Waals surface area contributed by atoms with E-state index in [4.69, 9.17) is 4.52 Å². The molecule has 0 aliphatic heterocycles. The SMILES string of the molecule is O=C(Cc1noc2ccccc12)NCCn1ncc2c(=O)n(Cc3cccc(F)c3)cnc21. The number of fused-ring (bicyclic) bond motifs is 2. The van der Waals surface area contributed by atoms with Crippen LogP contribution in [0.1, 0.15) is 11.3 Å². The highest BCUT2D eigenvalue weighted by atomic mass is 19.1. The molecule has 0 spiro atoms. The van der Waals surface area contributed by atoms with E-state index in [2.05, 4.69) is 20.6 Å². The molecular weight excluding hydrogens is 427 g/mol. The molecule has 0 fully saturated rings. The van der Waals surface area contributed by atoms with E-state index in [0.29, 0.717) is 41.0 Å². The Morgan fingerprint density at radius 1 is 1.12 bits per heavy atom. The Labute approximate surface area is 186 Å². The number of nitrogens with one attached hydrogen (secondary N) is 1. The third-order valence-corrected chi connectivity index (χ3v) is 5.29. The van der Waals surface area contributed by atoms with Gasteiger partial charge >= 0.3 is 0 Å². The van der Waals surface area contributed by atoms with E-state index >= 15 is 0 Å². The number of nitrogens with zero attached hydrogens (tertiary/aromatic N) is 5. The van der Waals surface area contributed by atoms with Crippen LogP contribution < -0.4 is 10.9 Å². The number of amides is 1. The fourth-order valence-electron chi connectivity index (χ4n) is 3.69. The first-order chi connectivity index (χ1) is 16.1. The molecule has 0 bridgehead atoms. The van der Waals surface area contributed by atoms with Crippen molar-refractivity contribution in [3.63, 3.8) is 0 Å². The van der Waals surface area contributed by atoms with Crippen LogP contribution in [0.5, 0.6) is 0 Å². The molecule has 9 nitrogen and oxygen atoms in total. The second kappa shape index (κ2) is 8.65. The lowest BCUT2D eigenvalue weighted by Gasteiger charge is -2.07. The Balaban J connectivity index is 1.23. The molecule has 0 saturated carbocycles. The van der Waals surface area contributed by atoms with E-state index in [1.165, 1.54) is 29.2 Å². The molecule has 10 heteroatoms. The maximum atomic E-state index is 13.4. The van der Waals surface area contributed by atoms with Gasteiger partial charge in [0.15, 0.2) is 11.2 Å². The zero-order chi connectivity index (χ0) is 22.8. The van der Waals surface area contributed by atoms with Gasteiger partial charge in [-0.2, -0.15) is 5.10 Å². The molecule has 33 heavy (non-hydrogen) atoms. The van der Waals surface area contributed by atoms with Crippen LogP contribution in [0.25, 0.3) is 22.0 Å². The second-order valence-corrected chi connectivity index (χ2v) is 7.56. The molecule has 3 heterocycles. The van der Waals surface area contributed by atoms with Crippen LogP contribution in [0.15, 0.2) is 70.4 Å². The van der Waals surface area contributed by atoms with Crippen LogP contribution in [0.2, 0.25) is 0 Å². The van der Waals surface area contributed by atoms with Gasteiger partial charge in [0.2, 0.25) is 5.91 Å². The molecule has 0 aliphatic rings. The van der Waals surface area contributed by atoms with E-state index in [1.807, 2.05) is 18.2 Å². The number of rotatable bonds is 7. The van der Waals surface area contributed by atoms with E-state index in [9.17, 15) is 14.0 Å². The first-order valence-electron chi connectivity index (χ1n) is 10.3. The largest absolute Gasteiger partial charge is 0.356 e. The number of para-hydroxylation sites is 1. The predicted molar refractivity (Wildman–Crippen MR) is 118 cm³/mol. The standard InChI is InChI=1S/C23H19FN6O3/c24-16-5-3-4-15(10-16)13-29-14-26-22-18(23(29)32)12-27-30(22)9-8-25-21(31)11-19-17-6-1-2-7-20(17)33-28-19/h1-7,10,12,14H,8-9,11,13H2,(H,25,31). The van der Waals surface area contributed by atoms with Crippen LogP contribution in [0.3, 0.4) is 0 Å². The zero-order valence-corrected chi connectivity index (χ0v) is 17.4. The fraction of sp³-hybridized carbons (Fsp3) is 0.174. The van der Waals surface area contributed by atoms with Crippen molar-refractivity contribution in [2.75, 3.05) is 6.54 Å². The summed E-state index contributed by atoms with van der Waals surface area (Å²) in [6, 6.07) is 13.4. The van der Waals surface area contributed by atoms with Crippen LogP contribution in [-0.4, -0.2) is 36.9 Å². The molecule has 5 rings (SSSR count). The summed E-state index contributed by atoms with van der Waals surface area (Å²) in [6.07, 6.45) is 2.97. The highest BCUT2D eigenvalue weighted by molar-refractivity contribution is 5.86. The smallest absolute Gasteiger partial charge is 0.264 e. The summed E-state index contributed by atoms with van der Waals surface area (Å²) in [4.78, 5) is 29.5. The van der Waals surface area contributed by atoms with Crippen molar-refractivity contribution in [3.05, 3.63) is 88.5 Å². The van der Waals surface area contributed by atoms with Crippen molar-refractivity contribution in [1.29, 1.82) is 0 Å². The quantitative estimate of drug-likeness (QED) is 0.411. The van der Waals surface area contributed by atoms with Crippen LogP contribution >= 0.6 is 0 Å². The van der Waals surface area contributed by atoms with Gasteiger partial charge in [0.25, 0.3) is 5.56 Å². The van der Waals surface area contributed by atoms with Gasteiger partial charge in [0, 0.05) is 11.9 Å². The van der Waals surface area contributed by atoms with E-state index in [0.717, 1.165) is 5.39 Å². The molecule has 0 aliphatic carbocycles. The summed E-state index contributed by atoms with van der Waals surface area (Å²) in [5, 5.41) is 12.2. The third kappa shape index (κ3) is 4.22. The molecular formula is C23H19FN6O3. The lowest BCUT2D eigenvalue weighted by Crippen LogP contribution is -2.29. The number of aromatic nitrogens is 5. The van der Waals surface area contributed by atoms with Gasteiger partial charge in [0.05, 0.1) is 25.7 Å². The van der Waals surface area contributed by atoms with E-state index < -0.39 is 0 Å². The number of carbonyl (C=O) groups is 1. The molecule has 166 valence electrons. The minimum Gasteiger partial charge on any atom is -0.356 e. The Hall–Kier alpha value is -4.34. The third-order valence-electron chi connectivity index (χ3n) is 5.29. The molecule has 5 aromatic rings. The fourth-order valence-corrected chi connectivity index (χ4v) is 3.69. The first-order valence-corrected chi connectivity index (χ1v) is 10.3. The minimum atomic E-state index is -0.360. The summed E-state index contributed by atoms with van der Waals surface area (Å²) < 4.78 is 21.6. The summed E-state index contributed by atoms with van der Waals surface area (Å²) in [5.74, 6) is -0.558. The number of benzene rings is 2. The van der Waals surface area contributed by atoms with Crippen molar-refractivity contribution < 1.29 is 13.7 Å². The van der Waals surface area contributed by atoms with Gasteiger partial charge in [0.1, 0.15) is 23.2 Å². The number of hydrogen-bond acceptors (Lipinski definition) is 6. The molecule has 1 amide bonds. The monoisotopic (exact) mass is 446 g/mol. The zero-order valence-electron chi connectivity index (χ0n) is 17.4.